The smallest absolute Gasteiger partial charge is 0.278 e. The van der Waals surface area contributed by atoms with Crippen molar-refractivity contribution in [2.45, 2.75) is 6.54 Å². The Morgan fingerprint density at radius 3 is 2.15 bits per heavy atom. The van der Waals surface area contributed by atoms with Gasteiger partial charge < -0.3 is 0 Å². The number of rotatable bonds is 4. The second-order valence-corrected chi connectivity index (χ2v) is 6.70. The summed E-state index contributed by atoms with van der Waals surface area (Å²) in [7, 11) is 0. The Hall–Kier alpha value is -3.17. The Morgan fingerprint density at radius 2 is 1.48 bits per heavy atom. The van der Waals surface area contributed by atoms with Crippen molar-refractivity contribution in [3.63, 3.8) is 0 Å². The third-order valence-corrected chi connectivity index (χ3v) is 4.59. The second-order valence-electron chi connectivity index (χ2n) is 6.26. The highest BCUT2D eigenvalue weighted by Crippen LogP contribution is 2.24. The summed E-state index contributed by atoms with van der Waals surface area (Å²) in [6.45, 7) is 0.478. The van der Waals surface area contributed by atoms with Crippen LogP contribution in [0.3, 0.4) is 0 Å². The molecule has 132 valence electrons. The summed E-state index contributed by atoms with van der Waals surface area (Å²) in [6, 6.07) is 27.1. The van der Waals surface area contributed by atoms with Gasteiger partial charge in [0, 0.05) is 10.6 Å². The molecule has 1 aliphatic heterocycles. The average Bonchev–Trinajstić information content (AvgIpc) is 3.01. The predicted octanol–water partition coefficient (Wildman–Crippen LogP) is 5.17. The lowest BCUT2D eigenvalue weighted by molar-refractivity contribution is -0.123. The van der Waals surface area contributed by atoms with Gasteiger partial charge in [0.1, 0.15) is 11.5 Å². The molecule has 3 aromatic carbocycles. The summed E-state index contributed by atoms with van der Waals surface area (Å²) in [6.07, 6.45) is 1.80. The van der Waals surface area contributed by atoms with Crippen molar-refractivity contribution in [2.24, 2.45) is 4.99 Å². The normalized spacial score (nSPS) is 15.3. The molecule has 0 unspecified atom stereocenters. The first-order valence-electron chi connectivity index (χ1n) is 8.68. The minimum absolute atomic E-state index is 0.104. The first-order valence-corrected chi connectivity index (χ1v) is 9.06. The first-order chi connectivity index (χ1) is 13.2. The minimum Gasteiger partial charge on any atom is -0.286 e. The van der Waals surface area contributed by atoms with Crippen LogP contribution >= 0.6 is 11.6 Å². The summed E-state index contributed by atoms with van der Waals surface area (Å²) in [5.74, 6) is 0.567. The fourth-order valence-electron chi connectivity index (χ4n) is 2.99. The Balaban J connectivity index is 1.72. The maximum Gasteiger partial charge on any atom is 0.278 e. The number of carbonyl (C=O) groups excluding carboxylic acids is 1. The number of halogens is 1. The van der Waals surface area contributed by atoms with Gasteiger partial charge in [-0.05, 0) is 29.3 Å². The molecule has 3 aromatic rings. The quantitative estimate of drug-likeness (QED) is 0.581. The van der Waals surface area contributed by atoms with E-state index < -0.39 is 0 Å². The van der Waals surface area contributed by atoms with Crippen LogP contribution in [0.15, 0.2) is 95.6 Å². The van der Waals surface area contributed by atoms with Crippen LogP contribution in [0.4, 0.5) is 0 Å². The lowest BCUT2D eigenvalue weighted by Gasteiger charge is -2.18. The van der Waals surface area contributed by atoms with E-state index >= 15 is 0 Å². The van der Waals surface area contributed by atoms with Gasteiger partial charge in [-0.1, -0.05) is 84.4 Å². The molecule has 0 saturated carbocycles. The molecule has 0 spiro atoms. The SMILES string of the molecule is O=C1C(=Cc2ccc(Cl)cc2)N=C(c2ccccc2)N1Cc1ccccc1. The number of carbonyl (C=O) groups is 1. The Bertz CT molecular complexity index is 1010. The molecule has 0 atom stereocenters. The van der Waals surface area contributed by atoms with E-state index in [4.69, 9.17) is 11.6 Å². The number of hydrogen-bond acceptors (Lipinski definition) is 2. The maximum atomic E-state index is 13.1. The molecule has 1 aliphatic rings. The predicted molar refractivity (Wildman–Crippen MR) is 109 cm³/mol. The summed E-state index contributed by atoms with van der Waals surface area (Å²) in [5.41, 5.74) is 3.29. The average molecular weight is 373 g/mol. The zero-order valence-electron chi connectivity index (χ0n) is 14.5. The van der Waals surface area contributed by atoms with Crippen LogP contribution in [0.2, 0.25) is 5.02 Å². The molecule has 3 nitrogen and oxygen atoms in total. The second kappa shape index (κ2) is 7.60. The zero-order chi connectivity index (χ0) is 18.6. The van der Waals surface area contributed by atoms with Crippen molar-refractivity contribution >= 4 is 29.4 Å². The standard InChI is InChI=1S/C23H17ClN2O/c24-20-13-11-17(12-14-20)15-21-23(27)26(16-18-7-3-1-4-8-18)22(25-21)19-9-5-2-6-10-19/h1-15H,16H2. The van der Waals surface area contributed by atoms with E-state index in [0.717, 1.165) is 16.7 Å². The molecule has 0 N–H and O–H groups in total. The fraction of sp³-hybridized carbons (Fsp3) is 0.0435. The number of hydrogen-bond donors (Lipinski definition) is 0. The van der Waals surface area contributed by atoms with Gasteiger partial charge in [-0.2, -0.15) is 0 Å². The van der Waals surface area contributed by atoms with Gasteiger partial charge in [0.25, 0.3) is 5.91 Å². The molecular formula is C23H17ClN2O. The summed E-state index contributed by atoms with van der Waals surface area (Å²) in [4.78, 5) is 19.5. The van der Waals surface area contributed by atoms with Crippen molar-refractivity contribution in [3.05, 3.63) is 112 Å². The van der Waals surface area contributed by atoms with E-state index in [-0.39, 0.29) is 5.91 Å². The fourth-order valence-corrected chi connectivity index (χ4v) is 3.11. The highest BCUT2D eigenvalue weighted by molar-refractivity contribution is 6.30. The number of aliphatic imine (C=N–C) groups is 1. The number of benzene rings is 3. The van der Waals surface area contributed by atoms with E-state index in [0.29, 0.717) is 23.1 Å². The van der Waals surface area contributed by atoms with Gasteiger partial charge in [-0.15, -0.1) is 0 Å². The molecule has 4 rings (SSSR count). The van der Waals surface area contributed by atoms with Crippen molar-refractivity contribution in [3.8, 4) is 0 Å². The molecule has 4 heteroatoms. The van der Waals surface area contributed by atoms with Crippen molar-refractivity contribution in [2.75, 3.05) is 0 Å². The van der Waals surface area contributed by atoms with E-state index in [9.17, 15) is 4.79 Å². The molecule has 0 aliphatic carbocycles. The maximum absolute atomic E-state index is 13.1. The zero-order valence-corrected chi connectivity index (χ0v) is 15.3. The van der Waals surface area contributed by atoms with Gasteiger partial charge in [0.2, 0.25) is 0 Å². The van der Waals surface area contributed by atoms with Gasteiger partial charge in [0.05, 0.1) is 6.54 Å². The van der Waals surface area contributed by atoms with Crippen LogP contribution in [0.5, 0.6) is 0 Å². The number of amides is 1. The molecule has 0 aromatic heterocycles. The molecule has 0 bridgehead atoms. The molecule has 27 heavy (non-hydrogen) atoms. The van der Waals surface area contributed by atoms with Crippen LogP contribution < -0.4 is 0 Å². The highest BCUT2D eigenvalue weighted by atomic mass is 35.5. The lowest BCUT2D eigenvalue weighted by atomic mass is 10.1. The van der Waals surface area contributed by atoms with Crippen LogP contribution in [-0.2, 0) is 11.3 Å². The van der Waals surface area contributed by atoms with Crippen molar-refractivity contribution in [1.82, 2.24) is 4.90 Å². The Kier molecular flexibility index (Phi) is 4.86. The van der Waals surface area contributed by atoms with E-state index in [1.165, 1.54) is 0 Å². The number of nitrogens with zero attached hydrogens (tertiary/aromatic N) is 2. The van der Waals surface area contributed by atoms with E-state index in [1.54, 1.807) is 23.1 Å². The van der Waals surface area contributed by atoms with Crippen molar-refractivity contribution < 1.29 is 4.79 Å². The van der Waals surface area contributed by atoms with E-state index in [2.05, 4.69) is 4.99 Å². The summed E-state index contributed by atoms with van der Waals surface area (Å²) in [5, 5.41) is 0.661. The van der Waals surface area contributed by atoms with Gasteiger partial charge in [-0.3, -0.25) is 9.69 Å². The molecule has 1 heterocycles. The largest absolute Gasteiger partial charge is 0.286 e. The summed E-state index contributed by atoms with van der Waals surface area (Å²) < 4.78 is 0. The monoisotopic (exact) mass is 372 g/mol. The molecule has 0 fully saturated rings. The summed E-state index contributed by atoms with van der Waals surface area (Å²) >= 11 is 5.95. The van der Waals surface area contributed by atoms with Crippen molar-refractivity contribution in [1.29, 1.82) is 0 Å². The Labute approximate surface area is 163 Å². The van der Waals surface area contributed by atoms with Gasteiger partial charge >= 0.3 is 0 Å². The van der Waals surface area contributed by atoms with Crippen LogP contribution in [-0.4, -0.2) is 16.6 Å². The highest BCUT2D eigenvalue weighted by Gasteiger charge is 2.31. The molecular weight excluding hydrogens is 356 g/mol. The topological polar surface area (TPSA) is 32.7 Å². The van der Waals surface area contributed by atoms with Gasteiger partial charge in [0.15, 0.2) is 0 Å². The first kappa shape index (κ1) is 17.3. The lowest BCUT2D eigenvalue weighted by Crippen LogP contribution is -2.32. The third-order valence-electron chi connectivity index (χ3n) is 4.34. The van der Waals surface area contributed by atoms with Gasteiger partial charge in [-0.25, -0.2) is 4.99 Å². The van der Waals surface area contributed by atoms with Crippen LogP contribution in [0.1, 0.15) is 16.7 Å². The van der Waals surface area contributed by atoms with Crippen LogP contribution in [0.25, 0.3) is 6.08 Å². The third kappa shape index (κ3) is 3.83. The molecule has 1 amide bonds. The minimum atomic E-state index is -0.104. The van der Waals surface area contributed by atoms with E-state index in [1.807, 2.05) is 72.8 Å². The molecule has 0 saturated heterocycles. The number of amidine groups is 1. The van der Waals surface area contributed by atoms with Crippen LogP contribution in [0, 0.1) is 0 Å². The molecule has 0 radical (unpaired) electrons. The Morgan fingerprint density at radius 1 is 0.852 bits per heavy atom.